The standard InChI is InChI=1S/C4H10O4S.Na/c1-2-3-4(5)9(6,7)8;/h4-5H,2-3H2,1H3,(H,6,7,8);/q;+1. The Bertz CT molecular complexity index is 164. The summed E-state index contributed by atoms with van der Waals surface area (Å²) >= 11 is 0. The van der Waals surface area contributed by atoms with Crippen molar-refractivity contribution >= 4 is 10.1 Å². The van der Waals surface area contributed by atoms with Crippen LogP contribution in [0, 0.1) is 0 Å². The molecule has 2 N–H and O–H groups in total. The predicted molar refractivity (Wildman–Crippen MR) is 32.5 cm³/mol. The van der Waals surface area contributed by atoms with Crippen LogP contribution < -0.4 is 29.6 Å². The molecule has 0 bridgehead atoms. The van der Waals surface area contributed by atoms with Gasteiger partial charge in [0.2, 0.25) is 0 Å². The van der Waals surface area contributed by atoms with Gasteiger partial charge in [-0.2, -0.15) is 8.42 Å². The van der Waals surface area contributed by atoms with Gasteiger partial charge in [-0.15, -0.1) is 0 Å². The van der Waals surface area contributed by atoms with Gasteiger partial charge in [0.1, 0.15) is 0 Å². The van der Waals surface area contributed by atoms with Crippen LogP contribution in [0.5, 0.6) is 0 Å². The third-order valence-electron chi connectivity index (χ3n) is 0.879. The fraction of sp³-hybridized carbons (Fsp3) is 1.00. The molecular formula is C4H10NaO4S+. The summed E-state index contributed by atoms with van der Waals surface area (Å²) in [4.78, 5) is 0. The van der Waals surface area contributed by atoms with E-state index in [-0.39, 0.29) is 36.0 Å². The van der Waals surface area contributed by atoms with Gasteiger partial charge in [0, 0.05) is 0 Å². The normalized spacial score (nSPS) is 13.9. The van der Waals surface area contributed by atoms with E-state index >= 15 is 0 Å². The van der Waals surface area contributed by atoms with Gasteiger partial charge in [-0.1, -0.05) is 13.3 Å². The van der Waals surface area contributed by atoms with Crippen LogP contribution in [0.3, 0.4) is 0 Å². The molecule has 0 saturated heterocycles. The quantitative estimate of drug-likeness (QED) is 0.356. The van der Waals surface area contributed by atoms with Gasteiger partial charge in [-0.3, -0.25) is 4.55 Å². The van der Waals surface area contributed by atoms with Crippen molar-refractivity contribution in [1.82, 2.24) is 0 Å². The maximum absolute atomic E-state index is 10.0. The summed E-state index contributed by atoms with van der Waals surface area (Å²) in [6, 6.07) is 0. The first kappa shape index (κ1) is 13.5. The molecule has 0 aliphatic rings. The number of hydrogen-bond donors (Lipinski definition) is 2. The second-order valence-corrected chi connectivity index (χ2v) is 3.33. The summed E-state index contributed by atoms with van der Waals surface area (Å²) in [5.74, 6) is 0. The van der Waals surface area contributed by atoms with Gasteiger partial charge in [0.25, 0.3) is 10.1 Å². The Hall–Kier alpha value is 0.870. The van der Waals surface area contributed by atoms with Crippen molar-refractivity contribution in [3.63, 3.8) is 0 Å². The van der Waals surface area contributed by atoms with Gasteiger partial charge in [0.05, 0.1) is 0 Å². The molecule has 0 aromatic carbocycles. The predicted octanol–water partition coefficient (Wildman–Crippen LogP) is -3.00. The Kier molecular flexibility index (Phi) is 7.42. The van der Waals surface area contributed by atoms with Gasteiger partial charge in [-0.25, -0.2) is 0 Å². The van der Waals surface area contributed by atoms with Crippen molar-refractivity contribution < 1.29 is 47.6 Å². The molecule has 1 unspecified atom stereocenters. The zero-order valence-electron chi connectivity index (χ0n) is 6.11. The fourth-order valence-corrected chi connectivity index (χ4v) is 0.929. The zero-order valence-corrected chi connectivity index (χ0v) is 8.93. The molecule has 0 aliphatic heterocycles. The SMILES string of the molecule is CCCC(O)S(=O)(=O)O.[Na+]. The van der Waals surface area contributed by atoms with Crippen molar-refractivity contribution in [3.05, 3.63) is 0 Å². The summed E-state index contributed by atoms with van der Waals surface area (Å²) in [6.07, 6.45) is 0.611. The molecule has 1 atom stereocenters. The minimum absolute atomic E-state index is 0. The Morgan fingerprint density at radius 2 is 1.90 bits per heavy atom. The van der Waals surface area contributed by atoms with Gasteiger partial charge < -0.3 is 5.11 Å². The molecule has 0 radical (unpaired) electrons. The number of aliphatic hydroxyl groups is 1. The molecule has 4 nitrogen and oxygen atoms in total. The van der Waals surface area contributed by atoms with Crippen LogP contribution in [0.2, 0.25) is 0 Å². The molecule has 0 amide bonds. The molecular weight excluding hydrogens is 167 g/mol. The van der Waals surface area contributed by atoms with E-state index in [2.05, 4.69) is 0 Å². The fourth-order valence-electron chi connectivity index (χ4n) is 0.396. The van der Waals surface area contributed by atoms with Crippen molar-refractivity contribution in [1.29, 1.82) is 0 Å². The molecule has 0 fully saturated rings. The molecule has 0 aromatic rings. The van der Waals surface area contributed by atoms with E-state index in [0.29, 0.717) is 6.42 Å². The Balaban J connectivity index is 0. The maximum Gasteiger partial charge on any atom is 1.00 e. The van der Waals surface area contributed by atoms with E-state index in [9.17, 15) is 8.42 Å². The number of rotatable bonds is 3. The zero-order chi connectivity index (χ0) is 7.49. The molecule has 0 aliphatic carbocycles. The Morgan fingerprint density at radius 3 is 2.00 bits per heavy atom. The first-order valence-corrected chi connectivity index (χ1v) is 4.13. The second-order valence-electron chi connectivity index (χ2n) is 1.76. The summed E-state index contributed by atoms with van der Waals surface area (Å²) in [5, 5.41) is 8.55. The summed E-state index contributed by atoms with van der Waals surface area (Å²) in [7, 11) is -4.21. The third-order valence-corrected chi connectivity index (χ3v) is 1.80. The number of aliphatic hydroxyl groups excluding tert-OH is 1. The largest absolute Gasteiger partial charge is 1.00 e. The minimum Gasteiger partial charge on any atom is -0.375 e. The molecule has 0 saturated carbocycles. The molecule has 6 heteroatoms. The summed E-state index contributed by atoms with van der Waals surface area (Å²) in [6.45, 7) is 1.72. The average Bonchev–Trinajstić information content (AvgIpc) is 1.64. The topological polar surface area (TPSA) is 74.6 Å². The van der Waals surface area contributed by atoms with Crippen molar-refractivity contribution in [2.24, 2.45) is 0 Å². The van der Waals surface area contributed by atoms with Crippen molar-refractivity contribution in [2.75, 3.05) is 0 Å². The van der Waals surface area contributed by atoms with Crippen LogP contribution in [-0.2, 0) is 10.1 Å². The van der Waals surface area contributed by atoms with Crippen molar-refractivity contribution in [3.8, 4) is 0 Å². The van der Waals surface area contributed by atoms with E-state index in [1.54, 1.807) is 6.92 Å². The van der Waals surface area contributed by atoms with Crippen LogP contribution >= 0.6 is 0 Å². The Morgan fingerprint density at radius 1 is 1.50 bits per heavy atom. The van der Waals surface area contributed by atoms with Crippen LogP contribution in [0.25, 0.3) is 0 Å². The smallest absolute Gasteiger partial charge is 0.375 e. The second kappa shape index (κ2) is 5.51. The molecule has 0 rings (SSSR count). The maximum atomic E-state index is 10.0. The van der Waals surface area contributed by atoms with E-state index in [1.165, 1.54) is 0 Å². The minimum atomic E-state index is -4.21. The van der Waals surface area contributed by atoms with Gasteiger partial charge >= 0.3 is 29.6 Å². The Labute approximate surface area is 82.7 Å². The monoisotopic (exact) mass is 177 g/mol. The third kappa shape index (κ3) is 5.64. The summed E-state index contributed by atoms with van der Waals surface area (Å²) in [5.41, 5.74) is -1.61. The number of hydrogen-bond acceptors (Lipinski definition) is 3. The molecule has 0 spiro atoms. The van der Waals surface area contributed by atoms with E-state index < -0.39 is 15.6 Å². The van der Waals surface area contributed by atoms with Gasteiger partial charge in [-0.05, 0) is 6.42 Å². The molecule has 0 heterocycles. The first-order valence-electron chi connectivity index (χ1n) is 2.63. The van der Waals surface area contributed by atoms with Gasteiger partial charge in [0.15, 0.2) is 5.44 Å². The molecule has 56 valence electrons. The molecule has 0 aromatic heterocycles. The first-order chi connectivity index (χ1) is 3.98. The van der Waals surface area contributed by atoms with E-state index in [1.807, 2.05) is 0 Å². The summed E-state index contributed by atoms with van der Waals surface area (Å²) < 4.78 is 28.2. The molecule has 10 heavy (non-hydrogen) atoms. The van der Waals surface area contributed by atoms with Crippen LogP contribution in [0.4, 0.5) is 0 Å². The van der Waals surface area contributed by atoms with Crippen LogP contribution in [0.15, 0.2) is 0 Å². The van der Waals surface area contributed by atoms with Crippen LogP contribution in [-0.4, -0.2) is 23.5 Å². The average molecular weight is 177 g/mol. The van der Waals surface area contributed by atoms with E-state index in [0.717, 1.165) is 0 Å². The van der Waals surface area contributed by atoms with E-state index in [4.69, 9.17) is 9.66 Å². The van der Waals surface area contributed by atoms with Crippen LogP contribution in [0.1, 0.15) is 19.8 Å². The van der Waals surface area contributed by atoms with Crippen molar-refractivity contribution in [2.45, 2.75) is 25.2 Å².